The number of non-ortho nitro benzene ring substituents is 1. The normalized spacial score (nSPS) is 30.0. The van der Waals surface area contributed by atoms with Crippen molar-refractivity contribution >= 4 is 23.1 Å². The van der Waals surface area contributed by atoms with E-state index in [9.17, 15) is 20.6 Å². The zero-order valence-electron chi connectivity index (χ0n) is 14.7. The van der Waals surface area contributed by atoms with Crippen LogP contribution in [0.5, 0.6) is 0 Å². The first-order chi connectivity index (χ1) is 12.8. The summed E-state index contributed by atoms with van der Waals surface area (Å²) >= 11 is 6.28. The summed E-state index contributed by atoms with van der Waals surface area (Å²) in [7, 11) is 0. The van der Waals surface area contributed by atoms with Gasteiger partial charge in [-0.1, -0.05) is 17.7 Å². The molecule has 9 nitrogen and oxygen atoms in total. The predicted octanol–water partition coefficient (Wildman–Crippen LogP) is 0.544. The molecule has 10 heteroatoms. The molecule has 0 radical (unpaired) electrons. The van der Waals surface area contributed by atoms with Gasteiger partial charge in [-0.3, -0.25) is 15.8 Å². The summed E-state index contributed by atoms with van der Waals surface area (Å²) in [4.78, 5) is 13.3. The monoisotopic (exact) mass is 390 g/mol. The van der Waals surface area contributed by atoms with Crippen LogP contribution in [0, 0.1) is 43.6 Å². The zero-order valence-corrected chi connectivity index (χ0v) is 15.4. The minimum atomic E-state index is -1.62. The highest BCUT2D eigenvalue weighted by Gasteiger charge is 2.97. The topological polar surface area (TPSA) is 149 Å². The lowest BCUT2D eigenvalue weighted by Crippen LogP contribution is -2.91. The Morgan fingerprint density at radius 1 is 1.33 bits per heavy atom. The Balaban J connectivity index is 2.22. The Morgan fingerprint density at radius 2 is 1.96 bits per heavy atom. The number of nitrogens with two attached hydrogens (primary N) is 1. The van der Waals surface area contributed by atoms with Crippen LogP contribution in [-0.4, -0.2) is 29.9 Å². The van der Waals surface area contributed by atoms with E-state index in [1.54, 1.807) is 13.8 Å². The molecule has 3 atom stereocenters. The van der Waals surface area contributed by atoms with Crippen molar-refractivity contribution in [3.05, 3.63) is 38.9 Å². The van der Waals surface area contributed by atoms with Crippen LogP contribution in [0.2, 0.25) is 5.02 Å². The molecule has 140 valence electrons. The number of benzene rings is 1. The first-order valence-corrected chi connectivity index (χ1v) is 8.65. The fraction of sp³-hybridized carbons (Fsp3) is 0.471. The van der Waals surface area contributed by atoms with Crippen molar-refractivity contribution in [1.82, 2.24) is 0 Å². The molecule has 0 spiro atoms. The third kappa shape index (κ3) is 2.07. The Hall–Kier alpha value is -2.72. The number of nitro benzene ring substituents is 1. The minimum Gasteiger partial charge on any atom is -0.314 e. The lowest BCUT2D eigenvalue weighted by Gasteiger charge is -2.29. The van der Waals surface area contributed by atoms with Gasteiger partial charge in [-0.05, 0) is 19.4 Å². The van der Waals surface area contributed by atoms with Gasteiger partial charge in [0.25, 0.3) is 11.5 Å². The molecule has 0 aromatic heterocycles. The number of nitriles is 2. The van der Waals surface area contributed by atoms with Crippen molar-refractivity contribution in [2.45, 2.75) is 25.7 Å². The first-order valence-electron chi connectivity index (χ1n) is 8.27. The zero-order chi connectivity index (χ0) is 20.0. The summed E-state index contributed by atoms with van der Waals surface area (Å²) in [5, 5.41) is 31.1. The molecular weight excluding hydrogens is 374 g/mol. The SMILES string of the molecule is CCOC1(OCC)[NH+]=C(N)[C@@]2(C#N)[C@H](c3ccc([N+](=O)[O-])cc3Cl)[C@@]12C#N. The Bertz CT molecular complexity index is 930. The largest absolute Gasteiger partial charge is 0.343 e. The average molecular weight is 391 g/mol. The third-order valence-corrected chi connectivity index (χ3v) is 5.53. The number of nitrogens with zero attached hydrogens (tertiary/aromatic N) is 3. The molecule has 3 N–H and O–H groups in total. The maximum absolute atomic E-state index is 11.0. The van der Waals surface area contributed by atoms with E-state index in [2.05, 4.69) is 17.1 Å². The quantitative estimate of drug-likeness (QED) is 0.409. The van der Waals surface area contributed by atoms with E-state index in [1.165, 1.54) is 18.2 Å². The molecule has 1 aliphatic carbocycles. The predicted molar refractivity (Wildman–Crippen MR) is 93.1 cm³/mol. The summed E-state index contributed by atoms with van der Waals surface area (Å²) in [6, 6.07) is 8.23. The van der Waals surface area contributed by atoms with E-state index in [4.69, 9.17) is 26.8 Å². The molecule has 2 aliphatic rings. The molecule has 27 heavy (non-hydrogen) atoms. The number of rotatable bonds is 6. The number of fused-ring (bicyclic) bond motifs is 1. The van der Waals surface area contributed by atoms with E-state index in [1.807, 2.05) is 0 Å². The Kier molecular flexibility index (Phi) is 4.35. The van der Waals surface area contributed by atoms with Crippen LogP contribution >= 0.6 is 11.6 Å². The van der Waals surface area contributed by atoms with Gasteiger partial charge < -0.3 is 9.47 Å². The van der Waals surface area contributed by atoms with Crippen molar-refractivity contribution in [3.8, 4) is 12.1 Å². The van der Waals surface area contributed by atoms with Gasteiger partial charge in [0, 0.05) is 18.1 Å². The van der Waals surface area contributed by atoms with Crippen LogP contribution in [0.1, 0.15) is 25.3 Å². The van der Waals surface area contributed by atoms with Crippen LogP contribution in [0.25, 0.3) is 0 Å². The van der Waals surface area contributed by atoms with Gasteiger partial charge in [-0.15, -0.1) is 0 Å². The van der Waals surface area contributed by atoms with Crippen LogP contribution in [-0.2, 0) is 9.47 Å². The lowest BCUT2D eigenvalue weighted by molar-refractivity contribution is -0.693. The third-order valence-electron chi connectivity index (χ3n) is 5.20. The van der Waals surface area contributed by atoms with Gasteiger partial charge in [0.2, 0.25) is 0 Å². The van der Waals surface area contributed by atoms with Gasteiger partial charge >= 0.3 is 5.91 Å². The second-order valence-corrected chi connectivity index (χ2v) is 6.66. The minimum absolute atomic E-state index is 0.0490. The maximum atomic E-state index is 11.0. The van der Waals surface area contributed by atoms with E-state index in [0.717, 1.165) is 0 Å². The number of hydrogen-bond acceptors (Lipinski definition) is 7. The molecule has 3 rings (SSSR count). The molecule has 0 amide bonds. The Labute approximate surface area is 160 Å². The molecule has 0 saturated heterocycles. The van der Waals surface area contributed by atoms with E-state index < -0.39 is 27.6 Å². The van der Waals surface area contributed by atoms with Crippen LogP contribution in [0.4, 0.5) is 5.69 Å². The summed E-state index contributed by atoms with van der Waals surface area (Å²) in [6.07, 6.45) is 0. The van der Waals surface area contributed by atoms with Crippen molar-refractivity contribution in [2.75, 3.05) is 13.2 Å². The molecule has 0 bridgehead atoms. The highest BCUT2D eigenvalue weighted by molar-refractivity contribution is 6.31. The van der Waals surface area contributed by atoms with E-state index >= 15 is 0 Å². The first kappa shape index (κ1) is 19.1. The van der Waals surface area contributed by atoms with Crippen molar-refractivity contribution in [3.63, 3.8) is 0 Å². The van der Waals surface area contributed by atoms with E-state index in [-0.39, 0.29) is 29.8 Å². The maximum Gasteiger partial charge on any atom is 0.343 e. The fourth-order valence-electron chi connectivity index (χ4n) is 4.18. The van der Waals surface area contributed by atoms with Gasteiger partial charge in [0.15, 0.2) is 10.8 Å². The Morgan fingerprint density at radius 3 is 2.41 bits per heavy atom. The summed E-state index contributed by atoms with van der Waals surface area (Å²) in [5.74, 6) is -2.35. The summed E-state index contributed by atoms with van der Waals surface area (Å²) in [6.45, 7) is 3.86. The number of nitrogens with one attached hydrogen (secondary N) is 1. The average Bonchev–Trinajstić information content (AvgIpc) is 3.20. The second-order valence-electron chi connectivity index (χ2n) is 6.26. The van der Waals surface area contributed by atoms with Gasteiger partial charge in [0.05, 0.1) is 35.3 Å². The highest BCUT2D eigenvalue weighted by Crippen LogP contribution is 2.79. The summed E-state index contributed by atoms with van der Waals surface area (Å²) in [5.41, 5.74) is 3.41. The number of nitro groups is 1. The van der Waals surface area contributed by atoms with Gasteiger partial charge in [0.1, 0.15) is 0 Å². The molecule has 1 aromatic rings. The number of hydrogen-bond donors (Lipinski definition) is 2. The smallest absolute Gasteiger partial charge is 0.314 e. The second kappa shape index (κ2) is 6.17. The van der Waals surface area contributed by atoms with Crippen molar-refractivity contribution in [2.24, 2.45) is 16.6 Å². The van der Waals surface area contributed by atoms with Gasteiger partial charge in [-0.2, -0.15) is 10.5 Å². The number of ether oxygens (including phenoxy) is 2. The molecule has 1 fully saturated rings. The standard InChI is InChI=1S/C17H16ClN5O4/c1-3-26-17(27-4-2)16(9-20)13(15(16,8-19)14(21)22-17)11-6-5-10(23(24)25)7-12(11)18/h5-7,13H,3-4H2,1-2H3,(H2,21,22)/p+1/t13-,15+,16+/m0/s1. The molecule has 1 aliphatic heterocycles. The van der Waals surface area contributed by atoms with Crippen LogP contribution in [0.15, 0.2) is 18.2 Å². The van der Waals surface area contributed by atoms with Crippen molar-refractivity contribution < 1.29 is 19.4 Å². The molecule has 1 aromatic carbocycles. The van der Waals surface area contributed by atoms with Crippen molar-refractivity contribution in [1.29, 1.82) is 10.5 Å². The molecular formula is C17H17ClN5O4+. The van der Waals surface area contributed by atoms with Crippen LogP contribution in [0.3, 0.4) is 0 Å². The highest BCUT2D eigenvalue weighted by atomic mass is 35.5. The van der Waals surface area contributed by atoms with E-state index in [0.29, 0.717) is 5.56 Å². The number of amidine groups is 1. The molecule has 1 saturated carbocycles. The summed E-state index contributed by atoms with van der Waals surface area (Å²) < 4.78 is 11.5. The lowest BCUT2D eigenvalue weighted by atomic mass is 9.93. The fourth-order valence-corrected chi connectivity index (χ4v) is 4.47. The number of halogens is 1. The molecule has 0 unspecified atom stereocenters. The molecule has 1 heterocycles. The van der Waals surface area contributed by atoms with Crippen LogP contribution < -0.4 is 10.7 Å². The van der Waals surface area contributed by atoms with Gasteiger partial charge in [-0.25, -0.2) is 4.99 Å².